The predicted octanol–water partition coefficient (Wildman–Crippen LogP) is 5.57. The summed E-state index contributed by atoms with van der Waals surface area (Å²) in [5.74, 6) is 0.297. The van der Waals surface area contributed by atoms with E-state index in [0.29, 0.717) is 22.9 Å². The fraction of sp³-hybridized carbons (Fsp3) is 0.261. The molecule has 0 amide bonds. The van der Waals surface area contributed by atoms with Crippen molar-refractivity contribution >= 4 is 33.3 Å². The lowest BCUT2D eigenvalue weighted by molar-refractivity contribution is 0.227. The summed E-state index contributed by atoms with van der Waals surface area (Å²) in [6.45, 7) is 4.57. The average molecular weight is 534 g/mol. The first kappa shape index (κ1) is 23.3. The van der Waals surface area contributed by atoms with Crippen molar-refractivity contribution in [2.75, 3.05) is 5.73 Å². The molecule has 0 fully saturated rings. The summed E-state index contributed by atoms with van der Waals surface area (Å²) in [5, 5.41) is 9.45. The number of nitrogens with two attached hydrogens (primary N) is 1. The molecule has 10 heteroatoms. The van der Waals surface area contributed by atoms with E-state index in [1.807, 2.05) is 33.3 Å². The maximum atomic E-state index is 14.3. The maximum absolute atomic E-state index is 14.3. The van der Waals surface area contributed by atoms with Gasteiger partial charge in [0, 0.05) is 65.3 Å². The van der Waals surface area contributed by atoms with Gasteiger partial charge in [0.25, 0.3) is 0 Å². The molecule has 33 heavy (non-hydrogen) atoms. The highest BCUT2D eigenvalue weighted by Crippen LogP contribution is 2.35. The Bertz CT molecular complexity index is 1300. The number of rotatable bonds is 7. The Balaban J connectivity index is 1.73. The van der Waals surface area contributed by atoms with Crippen LogP contribution < -0.4 is 10.5 Å². The van der Waals surface area contributed by atoms with Crippen LogP contribution in [-0.2, 0) is 20.0 Å². The quantitative estimate of drug-likeness (QED) is 0.336. The Hall–Kier alpha value is -2.91. The molecule has 0 bridgehead atoms. The van der Waals surface area contributed by atoms with Gasteiger partial charge in [0.05, 0.1) is 5.69 Å². The van der Waals surface area contributed by atoms with E-state index < -0.39 is 6.10 Å². The van der Waals surface area contributed by atoms with Gasteiger partial charge >= 0.3 is 0 Å². The monoisotopic (exact) mass is 532 g/mol. The maximum Gasteiger partial charge on any atom is 0.166 e. The zero-order valence-electron chi connectivity index (χ0n) is 18.4. The first-order valence-electron chi connectivity index (χ1n) is 10.4. The standard InChI is InChI=1S/C23H23BrClFN6O/c1-4-32-12-15(22(25)30-32)7-14-11-31(3)29-21(14)18-6-5-17(26)9-19(18)13(2)33-20-8-16(24)10-28-23(20)27/h5-6,8-13H,4,7H2,1-3H3,(H2,27,28)/t13-/m0/s1. The van der Waals surface area contributed by atoms with Crippen molar-refractivity contribution < 1.29 is 9.13 Å². The molecule has 3 aromatic heterocycles. The Labute approximate surface area is 204 Å². The third-order valence-electron chi connectivity index (χ3n) is 5.25. The number of nitrogen functional groups attached to an aromatic ring is 1. The number of anilines is 1. The summed E-state index contributed by atoms with van der Waals surface area (Å²) in [4.78, 5) is 4.10. The molecule has 0 saturated heterocycles. The number of ether oxygens (including phenoxy) is 1. The van der Waals surface area contributed by atoms with Gasteiger partial charge in [0.1, 0.15) is 11.9 Å². The Morgan fingerprint density at radius 2 is 2.00 bits per heavy atom. The van der Waals surface area contributed by atoms with Crippen molar-refractivity contribution in [2.45, 2.75) is 32.9 Å². The second-order valence-electron chi connectivity index (χ2n) is 7.68. The van der Waals surface area contributed by atoms with E-state index in [1.165, 1.54) is 12.1 Å². The van der Waals surface area contributed by atoms with Crippen molar-refractivity contribution in [1.82, 2.24) is 24.5 Å². The van der Waals surface area contributed by atoms with Crippen molar-refractivity contribution in [3.05, 3.63) is 75.0 Å². The number of hydrogen-bond donors (Lipinski definition) is 1. The summed E-state index contributed by atoms with van der Waals surface area (Å²) in [6.07, 6.45) is 5.47. The van der Waals surface area contributed by atoms with Gasteiger partial charge in [0.2, 0.25) is 0 Å². The van der Waals surface area contributed by atoms with Crippen LogP contribution in [0.2, 0.25) is 5.15 Å². The number of pyridine rings is 1. The molecule has 0 saturated carbocycles. The molecule has 0 spiro atoms. The van der Waals surface area contributed by atoms with Gasteiger partial charge < -0.3 is 10.5 Å². The zero-order chi connectivity index (χ0) is 23.7. The number of halogens is 3. The highest BCUT2D eigenvalue weighted by Gasteiger charge is 2.21. The molecule has 7 nitrogen and oxygen atoms in total. The second kappa shape index (κ2) is 9.52. The molecule has 1 atom stereocenters. The summed E-state index contributed by atoms with van der Waals surface area (Å²) < 4.78 is 24.6. The summed E-state index contributed by atoms with van der Waals surface area (Å²) in [6, 6.07) is 6.33. The molecule has 1 aromatic carbocycles. The minimum Gasteiger partial charge on any atom is -0.482 e. The van der Waals surface area contributed by atoms with E-state index in [4.69, 9.17) is 22.1 Å². The molecule has 3 heterocycles. The van der Waals surface area contributed by atoms with Crippen LogP contribution in [0, 0.1) is 5.82 Å². The smallest absolute Gasteiger partial charge is 0.166 e. The van der Waals surface area contributed by atoms with Crippen LogP contribution in [-0.4, -0.2) is 24.5 Å². The highest BCUT2D eigenvalue weighted by atomic mass is 79.9. The molecule has 4 rings (SSSR count). The largest absolute Gasteiger partial charge is 0.482 e. The lowest BCUT2D eigenvalue weighted by atomic mass is 9.96. The van der Waals surface area contributed by atoms with Gasteiger partial charge in [-0.3, -0.25) is 9.36 Å². The van der Waals surface area contributed by atoms with Crippen LogP contribution in [0.1, 0.15) is 36.6 Å². The molecular formula is C23H23BrClFN6O. The molecule has 2 N–H and O–H groups in total. The third-order valence-corrected chi connectivity index (χ3v) is 6.01. The zero-order valence-corrected chi connectivity index (χ0v) is 20.7. The van der Waals surface area contributed by atoms with Gasteiger partial charge in [-0.15, -0.1) is 0 Å². The Morgan fingerprint density at radius 3 is 2.73 bits per heavy atom. The number of hydrogen-bond acceptors (Lipinski definition) is 5. The molecular weight excluding hydrogens is 511 g/mol. The number of nitrogens with zero attached hydrogens (tertiary/aromatic N) is 5. The minimum absolute atomic E-state index is 0.254. The number of aromatic nitrogens is 5. The van der Waals surface area contributed by atoms with E-state index in [-0.39, 0.29) is 11.6 Å². The van der Waals surface area contributed by atoms with E-state index in [2.05, 4.69) is 31.1 Å². The second-order valence-corrected chi connectivity index (χ2v) is 8.96. The van der Waals surface area contributed by atoms with Crippen LogP contribution in [0.4, 0.5) is 10.2 Å². The molecule has 0 aliphatic rings. The minimum atomic E-state index is -0.518. The highest BCUT2D eigenvalue weighted by molar-refractivity contribution is 9.10. The van der Waals surface area contributed by atoms with Crippen molar-refractivity contribution in [1.29, 1.82) is 0 Å². The normalized spacial score (nSPS) is 12.2. The van der Waals surface area contributed by atoms with Gasteiger partial charge in [-0.25, -0.2) is 9.37 Å². The topological polar surface area (TPSA) is 83.8 Å². The van der Waals surface area contributed by atoms with E-state index >= 15 is 0 Å². The van der Waals surface area contributed by atoms with Gasteiger partial charge in [0.15, 0.2) is 16.7 Å². The van der Waals surface area contributed by atoms with Crippen molar-refractivity contribution in [2.24, 2.45) is 7.05 Å². The molecule has 4 aromatic rings. The van der Waals surface area contributed by atoms with Gasteiger partial charge in [-0.1, -0.05) is 11.6 Å². The molecule has 172 valence electrons. The summed E-state index contributed by atoms with van der Waals surface area (Å²) in [7, 11) is 1.85. The molecule has 0 aliphatic carbocycles. The summed E-state index contributed by atoms with van der Waals surface area (Å²) in [5.41, 5.74) is 9.94. The Morgan fingerprint density at radius 1 is 1.21 bits per heavy atom. The van der Waals surface area contributed by atoms with Gasteiger partial charge in [-0.05, 0) is 54.0 Å². The van der Waals surface area contributed by atoms with E-state index in [1.54, 1.807) is 27.7 Å². The van der Waals surface area contributed by atoms with E-state index in [9.17, 15) is 4.39 Å². The molecule has 0 unspecified atom stereocenters. The predicted molar refractivity (Wildman–Crippen MR) is 130 cm³/mol. The van der Waals surface area contributed by atoms with Crippen LogP contribution in [0.3, 0.4) is 0 Å². The van der Waals surface area contributed by atoms with Crippen LogP contribution in [0.25, 0.3) is 11.3 Å². The van der Waals surface area contributed by atoms with Crippen molar-refractivity contribution in [3.8, 4) is 17.0 Å². The van der Waals surface area contributed by atoms with Crippen LogP contribution in [0.5, 0.6) is 5.75 Å². The number of aryl methyl sites for hydroxylation is 2. The Kier molecular flexibility index (Phi) is 6.71. The lowest BCUT2D eigenvalue weighted by Crippen LogP contribution is -2.08. The van der Waals surface area contributed by atoms with Crippen molar-refractivity contribution in [3.63, 3.8) is 0 Å². The first-order valence-corrected chi connectivity index (χ1v) is 11.5. The third kappa shape index (κ3) is 5.04. The SMILES string of the molecule is CCn1cc(Cc2cn(C)nc2-c2ccc(F)cc2[C@H](C)Oc2cc(Br)cnc2N)c(Cl)n1. The molecule has 0 aliphatic heterocycles. The molecule has 0 radical (unpaired) electrons. The number of benzene rings is 1. The summed E-state index contributed by atoms with van der Waals surface area (Å²) >= 11 is 9.72. The lowest BCUT2D eigenvalue weighted by Gasteiger charge is -2.19. The van der Waals surface area contributed by atoms with Gasteiger partial charge in [-0.2, -0.15) is 10.2 Å². The fourth-order valence-electron chi connectivity index (χ4n) is 3.68. The van der Waals surface area contributed by atoms with Crippen LogP contribution >= 0.6 is 27.5 Å². The van der Waals surface area contributed by atoms with Crippen LogP contribution in [0.15, 0.2) is 47.3 Å². The fourth-order valence-corrected chi connectivity index (χ4v) is 4.21. The average Bonchev–Trinajstić information content (AvgIpc) is 3.32. The first-order chi connectivity index (χ1) is 15.7. The van der Waals surface area contributed by atoms with E-state index in [0.717, 1.165) is 33.4 Å².